The summed E-state index contributed by atoms with van der Waals surface area (Å²) in [5.74, 6) is -1.79. The fraction of sp³-hybridized carbons (Fsp3) is 0.111. The van der Waals surface area contributed by atoms with E-state index in [1.807, 2.05) is 0 Å². The summed E-state index contributed by atoms with van der Waals surface area (Å²) in [5, 5.41) is 13.1. The van der Waals surface area contributed by atoms with E-state index in [-0.39, 0.29) is 17.2 Å². The predicted octanol–water partition coefficient (Wildman–Crippen LogP) is 4.46. The van der Waals surface area contributed by atoms with Crippen LogP contribution in [-0.4, -0.2) is 30.8 Å². The summed E-state index contributed by atoms with van der Waals surface area (Å²) in [7, 11) is 0. The van der Waals surface area contributed by atoms with E-state index in [4.69, 9.17) is 0 Å². The van der Waals surface area contributed by atoms with E-state index in [9.17, 15) is 36.2 Å². The number of pyridine rings is 1. The van der Waals surface area contributed by atoms with Gasteiger partial charge in [0.2, 0.25) is 0 Å². The van der Waals surface area contributed by atoms with Crippen molar-refractivity contribution < 1.29 is 36.2 Å². The molecule has 2 aromatic heterocycles. The van der Waals surface area contributed by atoms with Gasteiger partial charge in [0.15, 0.2) is 5.82 Å². The van der Waals surface area contributed by atoms with Gasteiger partial charge in [0.1, 0.15) is 6.33 Å². The first-order chi connectivity index (χ1) is 13.9. The molecule has 0 atom stereocenters. The standard InChI is InChI=1S/C18H10F6N4O2/c19-17(20,21)12-4-11(5-13(6-12)18(22,23)24)15-26-9-28(27-15)8-14(16(29)30)10-2-1-3-25-7-10/h1-9H,(H,29,30)/b14-8-. The zero-order valence-corrected chi connectivity index (χ0v) is 14.6. The van der Waals surface area contributed by atoms with E-state index >= 15 is 0 Å². The van der Waals surface area contributed by atoms with Crippen LogP contribution in [0.25, 0.3) is 23.2 Å². The van der Waals surface area contributed by atoms with Gasteiger partial charge in [0.05, 0.1) is 16.7 Å². The van der Waals surface area contributed by atoms with Crippen LogP contribution in [0.15, 0.2) is 49.1 Å². The van der Waals surface area contributed by atoms with E-state index in [1.165, 1.54) is 24.5 Å². The van der Waals surface area contributed by atoms with Gasteiger partial charge in [-0.3, -0.25) is 4.98 Å². The van der Waals surface area contributed by atoms with Crippen molar-refractivity contribution in [2.24, 2.45) is 0 Å². The molecule has 0 fully saturated rings. The number of aromatic nitrogens is 4. The molecule has 1 N–H and O–H groups in total. The molecule has 0 aliphatic carbocycles. The van der Waals surface area contributed by atoms with Gasteiger partial charge in [-0.05, 0) is 24.3 Å². The maximum Gasteiger partial charge on any atom is 0.416 e. The Hall–Kier alpha value is -3.70. The zero-order valence-electron chi connectivity index (χ0n) is 14.6. The number of carbonyl (C=O) groups is 1. The Kier molecular flexibility index (Phi) is 5.33. The van der Waals surface area contributed by atoms with Crippen LogP contribution in [0.5, 0.6) is 0 Å². The number of aliphatic carboxylic acids is 1. The van der Waals surface area contributed by atoms with Gasteiger partial charge >= 0.3 is 18.3 Å². The first-order valence-electron chi connectivity index (χ1n) is 8.01. The Balaban J connectivity index is 2.06. The number of hydrogen-bond acceptors (Lipinski definition) is 4. The molecule has 3 aromatic rings. The van der Waals surface area contributed by atoms with Crippen molar-refractivity contribution in [1.82, 2.24) is 19.7 Å². The molecule has 0 aliphatic heterocycles. The molecule has 0 bridgehead atoms. The second kappa shape index (κ2) is 7.61. The summed E-state index contributed by atoms with van der Waals surface area (Å²) < 4.78 is 78.9. The minimum Gasteiger partial charge on any atom is -0.478 e. The van der Waals surface area contributed by atoms with Crippen LogP contribution in [0.3, 0.4) is 0 Å². The minimum absolute atomic E-state index is 0.00860. The van der Waals surface area contributed by atoms with Crippen molar-refractivity contribution in [3.8, 4) is 11.4 Å². The highest BCUT2D eigenvalue weighted by Gasteiger charge is 2.37. The molecule has 1 aromatic carbocycles. The number of nitrogens with zero attached hydrogens (tertiary/aromatic N) is 4. The van der Waals surface area contributed by atoms with Crippen LogP contribution in [0.4, 0.5) is 26.3 Å². The van der Waals surface area contributed by atoms with Crippen LogP contribution in [0.1, 0.15) is 16.7 Å². The molecule has 0 spiro atoms. The third-order valence-corrected chi connectivity index (χ3v) is 3.82. The van der Waals surface area contributed by atoms with Crippen LogP contribution >= 0.6 is 0 Å². The molecule has 0 radical (unpaired) electrons. The topological polar surface area (TPSA) is 80.9 Å². The number of alkyl halides is 6. The molecule has 0 unspecified atom stereocenters. The van der Waals surface area contributed by atoms with E-state index in [0.717, 1.165) is 17.2 Å². The summed E-state index contributed by atoms with van der Waals surface area (Å²) in [5.41, 5.74) is -3.61. The molecule has 12 heteroatoms. The van der Waals surface area contributed by atoms with E-state index in [0.29, 0.717) is 12.1 Å². The summed E-state index contributed by atoms with van der Waals surface area (Å²) in [6.45, 7) is 0. The Morgan fingerprint density at radius 3 is 2.17 bits per heavy atom. The van der Waals surface area contributed by atoms with Crippen molar-refractivity contribution in [1.29, 1.82) is 0 Å². The van der Waals surface area contributed by atoms with Gasteiger partial charge in [0, 0.05) is 29.7 Å². The Bertz CT molecular complexity index is 1070. The minimum atomic E-state index is -5.02. The monoisotopic (exact) mass is 428 g/mol. The van der Waals surface area contributed by atoms with Crippen LogP contribution in [0.2, 0.25) is 0 Å². The molecule has 0 amide bonds. The average Bonchev–Trinajstić information content (AvgIpc) is 3.13. The number of rotatable bonds is 4. The molecule has 0 aliphatic rings. The number of hydrogen-bond donors (Lipinski definition) is 1. The van der Waals surface area contributed by atoms with Crippen molar-refractivity contribution in [3.63, 3.8) is 0 Å². The zero-order chi connectivity index (χ0) is 22.1. The average molecular weight is 428 g/mol. The molecule has 0 saturated heterocycles. The van der Waals surface area contributed by atoms with Gasteiger partial charge in [0.25, 0.3) is 0 Å². The summed E-state index contributed by atoms with van der Waals surface area (Å²) >= 11 is 0. The smallest absolute Gasteiger partial charge is 0.416 e. The van der Waals surface area contributed by atoms with Crippen molar-refractivity contribution in [2.75, 3.05) is 0 Å². The quantitative estimate of drug-likeness (QED) is 0.490. The molecule has 6 nitrogen and oxygen atoms in total. The summed E-state index contributed by atoms with van der Waals surface area (Å²) in [4.78, 5) is 19.0. The van der Waals surface area contributed by atoms with E-state index in [2.05, 4.69) is 15.1 Å². The summed E-state index contributed by atoms with van der Waals surface area (Å²) in [6.07, 6.45) is -5.39. The molecular weight excluding hydrogens is 418 g/mol. The van der Waals surface area contributed by atoms with Crippen molar-refractivity contribution in [3.05, 3.63) is 65.7 Å². The van der Waals surface area contributed by atoms with Gasteiger partial charge in [-0.25, -0.2) is 14.5 Å². The number of benzene rings is 1. The fourth-order valence-electron chi connectivity index (χ4n) is 2.46. The lowest BCUT2D eigenvalue weighted by molar-refractivity contribution is -0.143. The second-order valence-corrected chi connectivity index (χ2v) is 5.93. The third kappa shape index (κ3) is 4.64. The van der Waals surface area contributed by atoms with Gasteiger partial charge in [-0.2, -0.15) is 26.3 Å². The molecule has 3 rings (SSSR count). The van der Waals surface area contributed by atoms with Gasteiger partial charge < -0.3 is 5.11 Å². The molecule has 0 saturated carbocycles. The Labute approximate surface area is 164 Å². The van der Waals surface area contributed by atoms with Crippen LogP contribution < -0.4 is 0 Å². The second-order valence-electron chi connectivity index (χ2n) is 5.93. The van der Waals surface area contributed by atoms with Crippen LogP contribution in [-0.2, 0) is 17.1 Å². The highest BCUT2D eigenvalue weighted by Crippen LogP contribution is 2.38. The number of halogens is 6. The van der Waals surface area contributed by atoms with Gasteiger partial charge in [-0.15, -0.1) is 5.10 Å². The molecule has 30 heavy (non-hydrogen) atoms. The predicted molar refractivity (Wildman–Crippen MR) is 91.5 cm³/mol. The lowest BCUT2D eigenvalue weighted by Crippen LogP contribution is -2.11. The highest BCUT2D eigenvalue weighted by atomic mass is 19.4. The Morgan fingerprint density at radius 1 is 1.03 bits per heavy atom. The number of carboxylic acid groups (broad SMARTS) is 1. The van der Waals surface area contributed by atoms with E-state index in [1.54, 1.807) is 0 Å². The third-order valence-electron chi connectivity index (χ3n) is 3.82. The van der Waals surface area contributed by atoms with E-state index < -0.39 is 40.8 Å². The largest absolute Gasteiger partial charge is 0.478 e. The maximum absolute atomic E-state index is 13.0. The van der Waals surface area contributed by atoms with Crippen LogP contribution in [0, 0.1) is 0 Å². The first-order valence-corrected chi connectivity index (χ1v) is 8.01. The van der Waals surface area contributed by atoms with Crippen molar-refractivity contribution in [2.45, 2.75) is 12.4 Å². The SMILES string of the molecule is O=C(O)/C(=C\n1cnc(-c2cc(C(F)(F)F)cc(C(F)(F)F)c2)n1)c1cccnc1. The van der Waals surface area contributed by atoms with Crippen molar-refractivity contribution >= 4 is 17.7 Å². The lowest BCUT2D eigenvalue weighted by Gasteiger charge is -2.13. The molecule has 2 heterocycles. The normalized spacial score (nSPS) is 12.8. The number of carboxylic acids is 1. The highest BCUT2D eigenvalue weighted by molar-refractivity contribution is 6.19. The fourth-order valence-corrected chi connectivity index (χ4v) is 2.46. The first kappa shape index (κ1) is 21.0. The maximum atomic E-state index is 13.0. The summed E-state index contributed by atoms with van der Waals surface area (Å²) in [6, 6.07) is 3.90. The molecule has 156 valence electrons. The molecular formula is C18H10F6N4O2. The Morgan fingerprint density at radius 2 is 1.67 bits per heavy atom. The lowest BCUT2D eigenvalue weighted by atomic mass is 10.0. The van der Waals surface area contributed by atoms with Gasteiger partial charge in [-0.1, -0.05) is 6.07 Å².